The van der Waals surface area contributed by atoms with E-state index in [9.17, 15) is 0 Å². The highest BCUT2D eigenvalue weighted by Crippen LogP contribution is 2.36. The van der Waals surface area contributed by atoms with Gasteiger partial charge in [0, 0.05) is 39.2 Å². The molecule has 22 heavy (non-hydrogen) atoms. The third kappa shape index (κ3) is 4.93. The van der Waals surface area contributed by atoms with E-state index in [4.69, 9.17) is 10.5 Å². The lowest BCUT2D eigenvalue weighted by Crippen LogP contribution is -2.73. The number of benzene rings is 1. The number of hydrogen-bond donors (Lipinski definition) is 1. The predicted molar refractivity (Wildman–Crippen MR) is 96.6 cm³/mol. The summed E-state index contributed by atoms with van der Waals surface area (Å²) in [6, 6.07) is 12.4. The Labute approximate surface area is 137 Å². The van der Waals surface area contributed by atoms with Crippen molar-refractivity contribution >= 4 is 8.07 Å². The molecule has 1 saturated heterocycles. The highest BCUT2D eigenvalue weighted by atomic mass is 28.3. The molecule has 1 aromatic carbocycles. The van der Waals surface area contributed by atoms with Crippen LogP contribution in [-0.2, 0) is 10.3 Å². The second-order valence-corrected chi connectivity index (χ2v) is 13.8. The van der Waals surface area contributed by atoms with E-state index in [2.05, 4.69) is 50.0 Å². The van der Waals surface area contributed by atoms with Crippen molar-refractivity contribution in [2.75, 3.05) is 13.2 Å². The maximum atomic E-state index is 5.58. The lowest BCUT2D eigenvalue weighted by Gasteiger charge is -2.37. The van der Waals surface area contributed by atoms with Gasteiger partial charge < -0.3 is 10.5 Å². The van der Waals surface area contributed by atoms with Gasteiger partial charge in [0.15, 0.2) is 0 Å². The summed E-state index contributed by atoms with van der Waals surface area (Å²) in [5, 5.41) is 0. The molecule has 1 aliphatic heterocycles. The number of ether oxygens (including phenoxy) is 1. The van der Waals surface area contributed by atoms with Crippen LogP contribution in [0.1, 0.15) is 37.7 Å². The summed E-state index contributed by atoms with van der Waals surface area (Å²) in [7, 11) is -0.913. The van der Waals surface area contributed by atoms with Crippen LogP contribution in [0, 0.1) is 5.92 Å². The van der Waals surface area contributed by atoms with Crippen LogP contribution in [0.3, 0.4) is 0 Å². The molecule has 0 amide bonds. The van der Waals surface area contributed by atoms with E-state index in [1.54, 1.807) is 0 Å². The van der Waals surface area contributed by atoms with Gasteiger partial charge in [0.1, 0.15) is 5.54 Å². The van der Waals surface area contributed by atoms with E-state index >= 15 is 0 Å². The van der Waals surface area contributed by atoms with E-state index in [1.165, 1.54) is 30.9 Å². The summed E-state index contributed by atoms with van der Waals surface area (Å²) in [5.74, 6) is 0.663. The summed E-state index contributed by atoms with van der Waals surface area (Å²) in [4.78, 5) is 0. The summed E-state index contributed by atoms with van der Waals surface area (Å²) >= 11 is 0. The first-order chi connectivity index (χ1) is 10.4. The Morgan fingerprint density at radius 3 is 2.32 bits per heavy atom. The molecule has 1 atom stereocenters. The quantitative estimate of drug-likeness (QED) is 0.597. The Kier molecular flexibility index (Phi) is 6.24. The van der Waals surface area contributed by atoms with Gasteiger partial charge >= 0.3 is 0 Å². The molecule has 0 radical (unpaired) electrons. The number of hydrogen-bond acceptors (Lipinski definition) is 1. The lowest BCUT2D eigenvalue weighted by molar-refractivity contribution is -0.508. The molecular weight excluding hydrogens is 286 g/mol. The van der Waals surface area contributed by atoms with Gasteiger partial charge in [-0.2, -0.15) is 0 Å². The van der Waals surface area contributed by atoms with Gasteiger partial charge in [-0.15, -0.1) is 0 Å². The average molecular weight is 321 g/mol. The highest BCUT2D eigenvalue weighted by Gasteiger charge is 2.40. The molecule has 124 valence electrons. The Morgan fingerprint density at radius 1 is 1.09 bits per heavy atom. The fraction of sp³-hybridized carbons (Fsp3) is 0.684. The zero-order valence-corrected chi connectivity index (χ0v) is 15.7. The maximum absolute atomic E-state index is 5.58. The van der Waals surface area contributed by atoms with Gasteiger partial charge in [0.05, 0.1) is 0 Å². The van der Waals surface area contributed by atoms with Crippen LogP contribution in [0.4, 0.5) is 0 Å². The average Bonchev–Trinajstić information content (AvgIpc) is 2.52. The van der Waals surface area contributed by atoms with Gasteiger partial charge in [-0.1, -0.05) is 62.4 Å². The van der Waals surface area contributed by atoms with E-state index in [0.717, 1.165) is 26.1 Å². The standard InChI is InChI=1S/C19H33NOSi/c1-22(2,3)16-8-7-13-19(20,17-9-5-4-6-10-17)18-11-14-21-15-12-18/h4-6,9-10,18H,7-8,11-16,20H2,1-3H3/p+1. The molecule has 3 N–H and O–H groups in total. The Bertz CT molecular complexity index is 436. The molecule has 1 fully saturated rings. The first-order valence-corrected chi connectivity index (χ1v) is 12.6. The van der Waals surface area contributed by atoms with Gasteiger partial charge in [-0.3, -0.25) is 0 Å². The first-order valence-electron chi connectivity index (χ1n) is 8.90. The molecule has 1 unspecified atom stereocenters. The van der Waals surface area contributed by atoms with E-state index in [1.807, 2.05) is 0 Å². The molecule has 0 saturated carbocycles. The summed E-state index contributed by atoms with van der Waals surface area (Å²) in [6.07, 6.45) is 6.20. The molecule has 2 nitrogen and oxygen atoms in total. The predicted octanol–water partition coefficient (Wildman–Crippen LogP) is 4.06. The molecule has 1 aromatic rings. The Morgan fingerprint density at radius 2 is 1.73 bits per heavy atom. The minimum absolute atomic E-state index is 0.0739. The van der Waals surface area contributed by atoms with E-state index < -0.39 is 8.07 Å². The van der Waals surface area contributed by atoms with Crippen molar-refractivity contribution in [2.45, 2.75) is 63.3 Å². The highest BCUT2D eigenvalue weighted by molar-refractivity contribution is 6.76. The molecule has 0 spiro atoms. The number of unbranched alkanes of at least 4 members (excludes halogenated alkanes) is 1. The van der Waals surface area contributed by atoms with Gasteiger partial charge in [-0.05, 0) is 19.3 Å². The number of rotatable bonds is 7. The van der Waals surface area contributed by atoms with Crippen molar-refractivity contribution in [3.05, 3.63) is 35.9 Å². The van der Waals surface area contributed by atoms with Gasteiger partial charge in [-0.25, -0.2) is 0 Å². The van der Waals surface area contributed by atoms with Crippen LogP contribution in [0.5, 0.6) is 0 Å². The number of quaternary nitrogens is 1. The molecule has 3 heteroatoms. The third-order valence-electron chi connectivity index (χ3n) is 5.15. The van der Waals surface area contributed by atoms with Gasteiger partial charge in [0.25, 0.3) is 0 Å². The maximum Gasteiger partial charge on any atom is 0.123 e. The van der Waals surface area contributed by atoms with Crippen molar-refractivity contribution in [2.24, 2.45) is 5.92 Å². The second-order valence-electron chi connectivity index (χ2n) is 8.18. The van der Waals surface area contributed by atoms with Gasteiger partial charge in [0.2, 0.25) is 0 Å². The molecule has 1 aliphatic rings. The summed E-state index contributed by atoms with van der Waals surface area (Å²) < 4.78 is 5.58. The fourth-order valence-electron chi connectivity index (χ4n) is 3.70. The minimum Gasteiger partial charge on any atom is -0.381 e. The summed E-state index contributed by atoms with van der Waals surface area (Å²) in [6.45, 7) is 9.23. The molecular formula is C19H34NOSi+. The van der Waals surface area contributed by atoms with Crippen LogP contribution in [0.25, 0.3) is 0 Å². The fourth-order valence-corrected chi connectivity index (χ4v) is 5.01. The lowest BCUT2D eigenvalue weighted by atomic mass is 9.72. The minimum atomic E-state index is -0.913. The van der Waals surface area contributed by atoms with E-state index in [0.29, 0.717) is 5.92 Å². The third-order valence-corrected chi connectivity index (χ3v) is 7.00. The van der Waals surface area contributed by atoms with Crippen molar-refractivity contribution in [3.8, 4) is 0 Å². The Hall–Kier alpha value is -0.643. The zero-order chi connectivity index (χ0) is 16.1. The van der Waals surface area contributed by atoms with E-state index in [-0.39, 0.29) is 5.54 Å². The topological polar surface area (TPSA) is 36.9 Å². The van der Waals surface area contributed by atoms with Crippen LogP contribution in [-0.4, -0.2) is 21.3 Å². The van der Waals surface area contributed by atoms with Crippen molar-refractivity contribution in [1.82, 2.24) is 0 Å². The summed E-state index contributed by atoms with van der Waals surface area (Å²) in [5.41, 5.74) is 6.25. The second kappa shape index (κ2) is 7.76. The zero-order valence-electron chi connectivity index (χ0n) is 14.7. The van der Waals surface area contributed by atoms with Crippen molar-refractivity contribution < 1.29 is 10.5 Å². The monoisotopic (exact) mass is 320 g/mol. The Balaban J connectivity index is 2.05. The SMILES string of the molecule is C[Si](C)(C)CCCCC([NH3+])(c1ccccc1)C1CCOCC1. The van der Waals surface area contributed by atoms with Crippen molar-refractivity contribution in [1.29, 1.82) is 0 Å². The first kappa shape index (κ1) is 17.7. The molecule has 0 aliphatic carbocycles. The van der Waals surface area contributed by atoms with Crippen LogP contribution >= 0.6 is 0 Å². The van der Waals surface area contributed by atoms with Crippen LogP contribution in [0.15, 0.2) is 30.3 Å². The largest absolute Gasteiger partial charge is 0.381 e. The molecule has 2 rings (SSSR count). The van der Waals surface area contributed by atoms with Crippen molar-refractivity contribution in [3.63, 3.8) is 0 Å². The molecule has 1 heterocycles. The molecule has 0 aromatic heterocycles. The normalized spacial score (nSPS) is 19.8. The van der Waals surface area contributed by atoms with Crippen LogP contribution < -0.4 is 5.73 Å². The molecule has 0 bridgehead atoms. The van der Waals surface area contributed by atoms with Crippen LogP contribution in [0.2, 0.25) is 25.7 Å². The smallest absolute Gasteiger partial charge is 0.123 e.